The summed E-state index contributed by atoms with van der Waals surface area (Å²) in [5.41, 5.74) is 0. The van der Waals surface area contributed by atoms with Crippen LogP contribution in [0.15, 0.2) is 4.42 Å². The Morgan fingerprint density at radius 2 is 1.95 bits per heavy atom. The van der Waals surface area contributed by atoms with Crippen molar-refractivity contribution in [2.75, 3.05) is 13.1 Å². The fourth-order valence-corrected chi connectivity index (χ4v) is 2.18. The molecule has 0 saturated carbocycles. The molecule has 0 aliphatic carbocycles. The van der Waals surface area contributed by atoms with Gasteiger partial charge < -0.3 is 14.6 Å². The van der Waals surface area contributed by atoms with Crippen LogP contribution < -0.4 is 5.32 Å². The summed E-state index contributed by atoms with van der Waals surface area (Å²) in [4.78, 5) is 13.4. The molecule has 1 aromatic heterocycles. The van der Waals surface area contributed by atoms with E-state index in [-0.39, 0.29) is 23.9 Å². The number of piperidine rings is 1. The number of likely N-dealkylation sites (tertiary alicyclic amines) is 1. The largest absolute Gasteiger partial charge is 0.470 e. The minimum atomic E-state index is -4.62. The van der Waals surface area contributed by atoms with Crippen molar-refractivity contribution in [3.63, 3.8) is 0 Å². The lowest BCUT2D eigenvalue weighted by Crippen LogP contribution is -2.46. The first-order valence-electron chi connectivity index (χ1n) is 6.73. The van der Waals surface area contributed by atoms with Crippen LogP contribution in [0.1, 0.15) is 44.4 Å². The normalized spacial score (nSPS) is 17.3. The second-order valence-electron chi connectivity index (χ2n) is 5.31. The Labute approximate surface area is 119 Å². The van der Waals surface area contributed by atoms with Gasteiger partial charge in [-0.2, -0.15) is 13.2 Å². The number of amides is 2. The van der Waals surface area contributed by atoms with Crippen LogP contribution in [0.5, 0.6) is 0 Å². The quantitative estimate of drug-likeness (QED) is 0.910. The van der Waals surface area contributed by atoms with E-state index in [2.05, 4.69) is 19.9 Å². The van der Waals surface area contributed by atoms with E-state index in [0.29, 0.717) is 25.9 Å². The number of hydrogen-bond acceptors (Lipinski definition) is 4. The smallest absolute Gasteiger partial charge is 0.417 e. The van der Waals surface area contributed by atoms with Gasteiger partial charge in [-0.15, -0.1) is 10.2 Å². The number of rotatable bonds is 2. The molecule has 9 heteroatoms. The summed E-state index contributed by atoms with van der Waals surface area (Å²) in [6.07, 6.45) is -3.61. The van der Waals surface area contributed by atoms with Crippen molar-refractivity contribution >= 4 is 6.03 Å². The summed E-state index contributed by atoms with van der Waals surface area (Å²) in [5.74, 6) is -1.57. The zero-order valence-electron chi connectivity index (χ0n) is 11.8. The first kappa shape index (κ1) is 15.6. The topological polar surface area (TPSA) is 71.3 Å². The number of nitrogens with zero attached hydrogens (tertiary/aromatic N) is 3. The maximum Gasteiger partial charge on any atom is 0.470 e. The van der Waals surface area contributed by atoms with Crippen LogP contribution in [0.2, 0.25) is 0 Å². The third-order valence-electron chi connectivity index (χ3n) is 3.23. The number of carbonyl (C=O) groups is 1. The van der Waals surface area contributed by atoms with E-state index in [9.17, 15) is 18.0 Å². The van der Waals surface area contributed by atoms with E-state index < -0.39 is 12.1 Å². The lowest BCUT2D eigenvalue weighted by Gasteiger charge is -2.31. The first-order chi connectivity index (χ1) is 9.77. The van der Waals surface area contributed by atoms with E-state index in [1.54, 1.807) is 4.90 Å². The van der Waals surface area contributed by atoms with Gasteiger partial charge in [0.05, 0.1) is 0 Å². The fraction of sp³-hybridized carbons (Fsp3) is 0.750. The average molecular weight is 306 g/mol. The zero-order valence-corrected chi connectivity index (χ0v) is 11.8. The molecule has 0 spiro atoms. The number of halogens is 3. The van der Waals surface area contributed by atoms with Gasteiger partial charge in [-0.3, -0.25) is 0 Å². The van der Waals surface area contributed by atoms with Gasteiger partial charge in [-0.05, 0) is 26.7 Å². The third-order valence-corrected chi connectivity index (χ3v) is 3.23. The molecule has 118 valence electrons. The van der Waals surface area contributed by atoms with Crippen LogP contribution in [0, 0.1) is 0 Å². The van der Waals surface area contributed by atoms with E-state index in [1.165, 1.54) is 0 Å². The van der Waals surface area contributed by atoms with Crippen molar-refractivity contribution in [2.45, 2.75) is 44.8 Å². The number of urea groups is 1. The van der Waals surface area contributed by atoms with Crippen molar-refractivity contribution in [3.05, 3.63) is 11.8 Å². The molecule has 6 nitrogen and oxygen atoms in total. The van der Waals surface area contributed by atoms with Crippen LogP contribution in [-0.2, 0) is 6.18 Å². The predicted octanol–water partition coefficient (Wildman–Crippen LogP) is 2.39. The van der Waals surface area contributed by atoms with Crippen LogP contribution in [0.3, 0.4) is 0 Å². The molecule has 2 rings (SSSR count). The molecule has 1 saturated heterocycles. The minimum Gasteiger partial charge on any atom is -0.417 e. The third kappa shape index (κ3) is 3.85. The van der Waals surface area contributed by atoms with Gasteiger partial charge in [-0.25, -0.2) is 4.79 Å². The summed E-state index contributed by atoms with van der Waals surface area (Å²) in [7, 11) is 0. The van der Waals surface area contributed by atoms with Gasteiger partial charge in [-0.1, -0.05) is 0 Å². The van der Waals surface area contributed by atoms with Gasteiger partial charge in [0.2, 0.25) is 5.89 Å². The highest BCUT2D eigenvalue weighted by molar-refractivity contribution is 5.74. The van der Waals surface area contributed by atoms with Crippen LogP contribution in [0.4, 0.5) is 18.0 Å². The Morgan fingerprint density at radius 3 is 2.43 bits per heavy atom. The fourth-order valence-electron chi connectivity index (χ4n) is 2.18. The van der Waals surface area contributed by atoms with Gasteiger partial charge in [0.25, 0.3) is 0 Å². The highest BCUT2D eigenvalue weighted by Gasteiger charge is 2.39. The van der Waals surface area contributed by atoms with Crippen molar-refractivity contribution in [3.8, 4) is 0 Å². The van der Waals surface area contributed by atoms with Gasteiger partial charge in [0.1, 0.15) is 0 Å². The Balaban J connectivity index is 1.92. The highest BCUT2D eigenvalue weighted by atomic mass is 19.4. The molecule has 0 aromatic carbocycles. The molecule has 0 atom stereocenters. The summed E-state index contributed by atoms with van der Waals surface area (Å²) in [5, 5.41) is 9.27. The molecule has 0 bridgehead atoms. The Morgan fingerprint density at radius 1 is 1.33 bits per heavy atom. The Kier molecular flexibility index (Phi) is 4.38. The average Bonchev–Trinajstić information content (AvgIpc) is 2.87. The molecule has 1 fully saturated rings. The standard InChI is InChI=1S/C12H17F3N4O2/c1-7(2)16-11(20)19-5-3-8(4-6-19)9-17-18-10(21-9)12(13,14)15/h7-8H,3-6H2,1-2H3,(H,16,20). The number of hydrogen-bond donors (Lipinski definition) is 1. The van der Waals surface area contributed by atoms with Crippen LogP contribution in [-0.4, -0.2) is 40.3 Å². The van der Waals surface area contributed by atoms with E-state index in [4.69, 9.17) is 0 Å². The van der Waals surface area contributed by atoms with E-state index >= 15 is 0 Å². The van der Waals surface area contributed by atoms with E-state index in [0.717, 1.165) is 0 Å². The monoisotopic (exact) mass is 306 g/mol. The molecule has 21 heavy (non-hydrogen) atoms. The van der Waals surface area contributed by atoms with Crippen molar-refractivity contribution in [1.82, 2.24) is 20.4 Å². The van der Waals surface area contributed by atoms with Crippen molar-refractivity contribution in [1.29, 1.82) is 0 Å². The van der Waals surface area contributed by atoms with Crippen molar-refractivity contribution < 1.29 is 22.4 Å². The second kappa shape index (κ2) is 5.90. The summed E-state index contributed by atoms with van der Waals surface area (Å²) in [6.45, 7) is 4.63. The maximum atomic E-state index is 12.4. The predicted molar refractivity (Wildman–Crippen MR) is 66.5 cm³/mol. The molecule has 1 aromatic rings. The Hall–Kier alpha value is -1.80. The molecule has 0 radical (unpaired) electrons. The second-order valence-corrected chi connectivity index (χ2v) is 5.31. The number of aromatic nitrogens is 2. The van der Waals surface area contributed by atoms with Crippen molar-refractivity contribution in [2.24, 2.45) is 0 Å². The molecular weight excluding hydrogens is 289 g/mol. The zero-order chi connectivity index (χ0) is 15.6. The number of nitrogens with one attached hydrogen (secondary N) is 1. The summed E-state index contributed by atoms with van der Waals surface area (Å²) >= 11 is 0. The first-order valence-corrected chi connectivity index (χ1v) is 6.73. The lowest BCUT2D eigenvalue weighted by molar-refractivity contribution is -0.157. The van der Waals surface area contributed by atoms with Gasteiger partial charge >= 0.3 is 18.1 Å². The molecule has 1 aliphatic heterocycles. The SMILES string of the molecule is CC(C)NC(=O)N1CCC(c2nnc(C(F)(F)F)o2)CC1. The number of carbonyl (C=O) groups excluding carboxylic acids is 1. The molecular formula is C12H17F3N4O2. The molecule has 2 heterocycles. The Bertz CT molecular complexity index is 493. The molecule has 1 N–H and O–H groups in total. The van der Waals surface area contributed by atoms with Gasteiger partial charge in [0.15, 0.2) is 0 Å². The van der Waals surface area contributed by atoms with Crippen LogP contribution in [0.25, 0.3) is 0 Å². The summed E-state index contributed by atoms with van der Waals surface area (Å²) < 4.78 is 41.9. The minimum absolute atomic E-state index is 0.00811. The lowest BCUT2D eigenvalue weighted by atomic mass is 9.97. The van der Waals surface area contributed by atoms with E-state index in [1.807, 2.05) is 13.8 Å². The molecule has 2 amide bonds. The summed E-state index contributed by atoms with van der Waals surface area (Å²) in [6, 6.07) is -0.120. The molecule has 0 unspecified atom stereocenters. The molecule has 1 aliphatic rings. The van der Waals surface area contributed by atoms with Crippen LogP contribution >= 0.6 is 0 Å². The maximum absolute atomic E-state index is 12.4. The highest BCUT2D eigenvalue weighted by Crippen LogP contribution is 2.32. The van der Waals surface area contributed by atoms with Gasteiger partial charge in [0, 0.05) is 25.0 Å². The number of alkyl halides is 3.